The van der Waals surface area contributed by atoms with Crippen LogP contribution < -0.4 is 0 Å². The Labute approximate surface area is 354 Å². The van der Waals surface area contributed by atoms with Crippen LogP contribution in [0.15, 0.2) is 231 Å². The maximum absolute atomic E-state index is 4.95. The molecule has 61 heavy (non-hydrogen) atoms. The highest BCUT2D eigenvalue weighted by atomic mass is 15.0. The Morgan fingerprint density at radius 2 is 0.639 bits per heavy atom. The van der Waals surface area contributed by atoms with E-state index in [1.54, 1.807) is 0 Å². The van der Waals surface area contributed by atoms with Gasteiger partial charge in [-0.05, 0) is 80.9 Å². The molecule has 0 aliphatic heterocycles. The molecule has 2 heterocycles. The zero-order valence-electron chi connectivity index (χ0n) is 33.2. The maximum Gasteiger partial charge on any atom is 0.164 e. The predicted molar refractivity (Wildman–Crippen MR) is 252 cm³/mol. The third-order valence-electron chi connectivity index (χ3n) is 11.5. The highest BCUT2D eigenvalue weighted by Crippen LogP contribution is 2.39. The normalized spacial score (nSPS) is 11.3. The molecule has 0 aliphatic rings. The number of nitrogens with zero attached hydrogens (tertiary/aromatic N) is 4. The van der Waals surface area contributed by atoms with Crippen molar-refractivity contribution in [1.82, 2.24) is 19.5 Å². The van der Waals surface area contributed by atoms with Crippen molar-refractivity contribution in [2.24, 2.45) is 0 Å². The lowest BCUT2D eigenvalue weighted by Gasteiger charge is -2.14. The van der Waals surface area contributed by atoms with Crippen molar-refractivity contribution >= 4 is 21.8 Å². The highest BCUT2D eigenvalue weighted by Gasteiger charge is 2.16. The molecule has 0 radical (unpaired) electrons. The predicted octanol–water partition coefficient (Wildman–Crippen LogP) is 14.6. The molecular weight excluding hydrogens is 741 g/mol. The van der Waals surface area contributed by atoms with Crippen LogP contribution in [0.2, 0.25) is 0 Å². The van der Waals surface area contributed by atoms with Gasteiger partial charge in [-0.15, -0.1) is 0 Å². The zero-order chi connectivity index (χ0) is 40.5. The SMILES string of the molecule is c1ccc(-c2nc(-c3ccccc3)nc(-c3ccc(-c4ccc(-c5ccc(-c6ccc7c(c6)c6ccccc6n7-c6ccccc6)cc5)cc4-c4ccccc4)cc3)n2)cc1. The van der Waals surface area contributed by atoms with Crippen LogP contribution in [0.5, 0.6) is 0 Å². The van der Waals surface area contributed by atoms with Crippen LogP contribution >= 0.6 is 0 Å². The summed E-state index contributed by atoms with van der Waals surface area (Å²) in [4.78, 5) is 14.8. The van der Waals surface area contributed by atoms with E-state index in [9.17, 15) is 0 Å². The van der Waals surface area contributed by atoms with E-state index in [1.807, 2.05) is 60.7 Å². The summed E-state index contributed by atoms with van der Waals surface area (Å²) in [5.74, 6) is 1.94. The van der Waals surface area contributed by atoms with Crippen molar-refractivity contribution in [3.63, 3.8) is 0 Å². The molecule has 0 unspecified atom stereocenters. The monoisotopic (exact) mass is 778 g/mol. The van der Waals surface area contributed by atoms with E-state index in [4.69, 9.17) is 15.0 Å². The van der Waals surface area contributed by atoms with Gasteiger partial charge in [0.15, 0.2) is 17.5 Å². The summed E-state index contributed by atoms with van der Waals surface area (Å²) >= 11 is 0. The minimum absolute atomic E-state index is 0.639. The van der Waals surface area contributed by atoms with E-state index < -0.39 is 0 Å². The smallest absolute Gasteiger partial charge is 0.164 e. The molecule has 0 atom stereocenters. The average molecular weight is 779 g/mol. The first-order valence-electron chi connectivity index (χ1n) is 20.6. The van der Waals surface area contributed by atoms with Crippen LogP contribution in [0.3, 0.4) is 0 Å². The lowest BCUT2D eigenvalue weighted by Crippen LogP contribution is -2.00. The fourth-order valence-electron chi connectivity index (χ4n) is 8.43. The molecule has 0 N–H and O–H groups in total. The summed E-state index contributed by atoms with van der Waals surface area (Å²) in [7, 11) is 0. The molecule has 0 amide bonds. The van der Waals surface area contributed by atoms with Gasteiger partial charge in [-0.1, -0.05) is 194 Å². The molecular formula is C57H38N4. The fourth-order valence-corrected chi connectivity index (χ4v) is 8.43. The van der Waals surface area contributed by atoms with Crippen LogP contribution in [0.4, 0.5) is 0 Å². The van der Waals surface area contributed by atoms with E-state index in [0.717, 1.165) is 27.8 Å². The second kappa shape index (κ2) is 15.5. The number of hydrogen-bond donors (Lipinski definition) is 0. The van der Waals surface area contributed by atoms with Gasteiger partial charge in [-0.3, -0.25) is 0 Å². The molecule has 0 saturated carbocycles. The molecule has 2 aromatic heterocycles. The minimum Gasteiger partial charge on any atom is -0.309 e. The Kier molecular flexibility index (Phi) is 9.14. The number of rotatable bonds is 8. The Balaban J connectivity index is 0.930. The standard InChI is InChI=1S/C57H38N4/c1-5-15-41(16-6-1)51-37-46(39-25-27-40(28-26-39)47-34-36-54-52(38-47)50-23-13-14-24-53(50)61(54)48-21-11-4-12-22-48)33-35-49(51)42-29-31-45(32-30-42)57-59-55(43-17-7-2-8-18-43)58-56(60-57)44-19-9-3-10-20-44/h1-38H. The van der Waals surface area contributed by atoms with Crippen molar-refractivity contribution in [2.75, 3.05) is 0 Å². The van der Waals surface area contributed by atoms with Crippen molar-refractivity contribution in [1.29, 1.82) is 0 Å². The lowest BCUT2D eigenvalue weighted by molar-refractivity contribution is 1.07. The van der Waals surface area contributed by atoms with Gasteiger partial charge >= 0.3 is 0 Å². The van der Waals surface area contributed by atoms with Gasteiger partial charge < -0.3 is 4.57 Å². The molecule has 0 aliphatic carbocycles. The van der Waals surface area contributed by atoms with Gasteiger partial charge in [0.2, 0.25) is 0 Å². The van der Waals surface area contributed by atoms with E-state index in [1.165, 1.54) is 60.9 Å². The summed E-state index contributed by atoms with van der Waals surface area (Å²) in [6.45, 7) is 0. The summed E-state index contributed by atoms with van der Waals surface area (Å²) in [5, 5.41) is 2.50. The lowest BCUT2D eigenvalue weighted by atomic mass is 9.90. The third-order valence-corrected chi connectivity index (χ3v) is 11.5. The molecule has 4 heteroatoms. The van der Waals surface area contributed by atoms with Crippen molar-refractivity contribution in [2.45, 2.75) is 0 Å². The molecule has 286 valence electrons. The highest BCUT2D eigenvalue weighted by molar-refractivity contribution is 6.10. The molecule has 0 bridgehead atoms. The summed E-state index contributed by atoms with van der Waals surface area (Å²) < 4.78 is 2.36. The number of benzene rings is 9. The Bertz CT molecular complexity index is 3250. The van der Waals surface area contributed by atoms with Gasteiger partial charge in [0.05, 0.1) is 11.0 Å². The molecule has 11 aromatic rings. The Morgan fingerprint density at radius 3 is 1.23 bits per heavy atom. The molecule has 9 aromatic carbocycles. The Morgan fingerprint density at radius 1 is 0.246 bits per heavy atom. The first-order chi connectivity index (χ1) is 30.2. The molecule has 0 saturated heterocycles. The van der Waals surface area contributed by atoms with Gasteiger partial charge in [-0.2, -0.15) is 0 Å². The van der Waals surface area contributed by atoms with E-state index >= 15 is 0 Å². The van der Waals surface area contributed by atoms with Crippen LogP contribution in [-0.4, -0.2) is 19.5 Å². The maximum atomic E-state index is 4.95. The van der Waals surface area contributed by atoms with Crippen LogP contribution in [0.1, 0.15) is 0 Å². The van der Waals surface area contributed by atoms with Crippen LogP contribution in [0.25, 0.3) is 106 Å². The topological polar surface area (TPSA) is 43.6 Å². The number of fused-ring (bicyclic) bond motifs is 3. The van der Waals surface area contributed by atoms with Crippen molar-refractivity contribution < 1.29 is 0 Å². The quantitative estimate of drug-likeness (QED) is 0.154. The number of hydrogen-bond acceptors (Lipinski definition) is 3. The van der Waals surface area contributed by atoms with Crippen LogP contribution in [0, 0.1) is 0 Å². The van der Waals surface area contributed by atoms with Gasteiger partial charge in [-0.25, -0.2) is 15.0 Å². The third kappa shape index (κ3) is 6.86. The largest absolute Gasteiger partial charge is 0.309 e. The average Bonchev–Trinajstić information content (AvgIpc) is 3.68. The second-order valence-electron chi connectivity index (χ2n) is 15.2. The second-order valence-corrected chi connectivity index (χ2v) is 15.2. The first kappa shape index (κ1) is 35.9. The summed E-state index contributed by atoms with van der Waals surface area (Å²) in [5.41, 5.74) is 15.8. The first-order valence-corrected chi connectivity index (χ1v) is 20.6. The van der Waals surface area contributed by atoms with E-state index in [-0.39, 0.29) is 0 Å². The Hall–Kier alpha value is -8.21. The van der Waals surface area contributed by atoms with E-state index in [2.05, 4.69) is 174 Å². The van der Waals surface area contributed by atoms with Gasteiger partial charge in [0, 0.05) is 33.2 Å². The fraction of sp³-hybridized carbons (Fsp3) is 0. The molecule has 0 spiro atoms. The molecule has 11 rings (SSSR count). The minimum atomic E-state index is 0.639. The summed E-state index contributed by atoms with van der Waals surface area (Å²) in [6, 6.07) is 81.3. The van der Waals surface area contributed by atoms with Crippen LogP contribution in [-0.2, 0) is 0 Å². The number of aromatic nitrogens is 4. The molecule has 0 fully saturated rings. The van der Waals surface area contributed by atoms with Gasteiger partial charge in [0.1, 0.15) is 0 Å². The molecule has 4 nitrogen and oxygen atoms in total. The van der Waals surface area contributed by atoms with Crippen molar-refractivity contribution in [3.8, 4) is 84.4 Å². The number of para-hydroxylation sites is 2. The van der Waals surface area contributed by atoms with E-state index in [0.29, 0.717) is 17.5 Å². The summed E-state index contributed by atoms with van der Waals surface area (Å²) in [6.07, 6.45) is 0. The zero-order valence-corrected chi connectivity index (χ0v) is 33.2. The van der Waals surface area contributed by atoms with Gasteiger partial charge in [0.25, 0.3) is 0 Å². The van der Waals surface area contributed by atoms with Crippen molar-refractivity contribution in [3.05, 3.63) is 231 Å².